The molecule has 2 aliphatic rings. The number of benzene rings is 3. The lowest BCUT2D eigenvalue weighted by molar-refractivity contribution is -0.132. The number of carbonyl (C=O) groups excluding carboxylic acids is 5. The summed E-state index contributed by atoms with van der Waals surface area (Å²) in [6.45, 7) is -0.761. The number of primary amides is 1. The van der Waals surface area contributed by atoms with Gasteiger partial charge in [-0.05, 0) is 54.5 Å². The van der Waals surface area contributed by atoms with Crippen molar-refractivity contribution in [2.45, 2.75) is 50.2 Å². The first-order valence-corrected chi connectivity index (χ1v) is 14.5. The van der Waals surface area contributed by atoms with Crippen molar-refractivity contribution in [1.29, 1.82) is 0 Å². The molecule has 3 atom stereocenters. The van der Waals surface area contributed by atoms with E-state index in [0.29, 0.717) is 24.2 Å². The van der Waals surface area contributed by atoms with Gasteiger partial charge in [-0.15, -0.1) is 0 Å². The third-order valence-corrected chi connectivity index (χ3v) is 7.25. The SMILES string of the molecule is NC(=O)[C@@H]1Cc2ccc(cc2)OCC(=O)N[C@H](CCc2ccccc2)C(=O)NCC(=O)N[C@H](CCc2ccccc2)C(=O)N1. The molecule has 2 heterocycles. The molecule has 3 aromatic carbocycles. The summed E-state index contributed by atoms with van der Waals surface area (Å²) in [7, 11) is 0. The van der Waals surface area contributed by atoms with Crippen LogP contribution in [0, 0.1) is 0 Å². The Bertz CT molecular complexity index is 1430. The number of ether oxygens (including phenoxy) is 1. The third kappa shape index (κ3) is 9.97. The van der Waals surface area contributed by atoms with Gasteiger partial charge in [0.25, 0.3) is 5.91 Å². The Morgan fingerprint density at radius 3 is 1.82 bits per heavy atom. The third-order valence-electron chi connectivity index (χ3n) is 7.25. The maximum absolute atomic E-state index is 13.4. The first-order valence-electron chi connectivity index (χ1n) is 14.5. The van der Waals surface area contributed by atoms with E-state index in [1.54, 1.807) is 24.3 Å². The molecule has 3 aromatic rings. The van der Waals surface area contributed by atoms with Gasteiger partial charge in [0, 0.05) is 6.42 Å². The van der Waals surface area contributed by atoms with E-state index in [9.17, 15) is 24.0 Å². The summed E-state index contributed by atoms with van der Waals surface area (Å²) in [5.74, 6) is -2.56. The molecule has 0 spiro atoms. The second-order valence-electron chi connectivity index (χ2n) is 10.6. The lowest BCUT2D eigenvalue weighted by Gasteiger charge is -2.23. The lowest BCUT2D eigenvalue weighted by atomic mass is 10.0. The monoisotopic (exact) mass is 599 g/mol. The topological polar surface area (TPSA) is 169 Å². The highest BCUT2D eigenvalue weighted by atomic mass is 16.5. The Kier molecular flexibility index (Phi) is 11.5. The van der Waals surface area contributed by atoms with Crippen LogP contribution in [0.2, 0.25) is 0 Å². The van der Waals surface area contributed by atoms with Crippen molar-refractivity contribution in [2.75, 3.05) is 13.2 Å². The highest BCUT2D eigenvalue weighted by Crippen LogP contribution is 2.14. The molecule has 11 heteroatoms. The maximum atomic E-state index is 13.4. The summed E-state index contributed by atoms with van der Waals surface area (Å²) in [6.07, 6.45) is 1.62. The Hall–Kier alpha value is -5.19. The van der Waals surface area contributed by atoms with Crippen molar-refractivity contribution in [1.82, 2.24) is 21.3 Å². The summed E-state index contributed by atoms with van der Waals surface area (Å²) in [4.78, 5) is 64.5. The average Bonchev–Trinajstić information content (AvgIpc) is 3.03. The zero-order valence-corrected chi connectivity index (χ0v) is 24.3. The van der Waals surface area contributed by atoms with E-state index in [1.807, 2.05) is 60.7 Å². The average molecular weight is 600 g/mol. The molecule has 230 valence electrons. The molecule has 5 amide bonds. The molecule has 0 saturated heterocycles. The fourth-order valence-electron chi connectivity index (χ4n) is 4.82. The summed E-state index contributed by atoms with van der Waals surface area (Å²) >= 11 is 0. The molecule has 11 nitrogen and oxygen atoms in total. The number of carbonyl (C=O) groups is 5. The van der Waals surface area contributed by atoms with Crippen molar-refractivity contribution in [3.63, 3.8) is 0 Å². The lowest BCUT2D eigenvalue weighted by Crippen LogP contribution is -2.55. The Labute approximate surface area is 255 Å². The first kappa shape index (κ1) is 31.7. The molecular weight excluding hydrogens is 562 g/mol. The zero-order valence-electron chi connectivity index (χ0n) is 24.3. The van der Waals surface area contributed by atoms with E-state index in [2.05, 4.69) is 21.3 Å². The van der Waals surface area contributed by atoms with Crippen LogP contribution in [0.15, 0.2) is 84.9 Å². The van der Waals surface area contributed by atoms with Gasteiger partial charge < -0.3 is 31.7 Å². The van der Waals surface area contributed by atoms with Gasteiger partial charge in [0.15, 0.2) is 6.61 Å². The minimum absolute atomic E-state index is 0.111. The van der Waals surface area contributed by atoms with E-state index in [0.717, 1.165) is 11.1 Å². The number of aryl methyl sites for hydroxylation is 2. The molecule has 0 aromatic heterocycles. The fraction of sp³-hybridized carbons (Fsp3) is 0.303. The predicted molar refractivity (Wildman–Crippen MR) is 163 cm³/mol. The molecule has 0 saturated carbocycles. The van der Waals surface area contributed by atoms with Crippen molar-refractivity contribution in [2.24, 2.45) is 5.73 Å². The standard InChI is InChI=1S/C33H37N5O6/c34-31(41)28-19-24-11-15-25(16-12-24)44-21-30(40)37-26(17-13-22-7-3-1-4-8-22)32(42)35-20-29(39)36-27(33(43)38-28)18-14-23-9-5-2-6-10-23/h1-12,15-16,26-28H,13-14,17-21H2,(H2,34,41)(H,35,42)(H,36,39)(H,37,40)(H,38,43)/t26-,27-,28+/m1/s1. The van der Waals surface area contributed by atoms with Crippen LogP contribution in [0.1, 0.15) is 29.5 Å². The van der Waals surface area contributed by atoms with E-state index in [1.165, 1.54) is 0 Å². The highest BCUT2D eigenvalue weighted by molar-refractivity contribution is 5.94. The number of hydrogen-bond acceptors (Lipinski definition) is 6. The van der Waals surface area contributed by atoms with Crippen LogP contribution in [-0.4, -0.2) is 60.8 Å². The number of amides is 5. The molecule has 2 aliphatic heterocycles. The summed E-state index contributed by atoms with van der Waals surface area (Å²) in [5, 5.41) is 10.6. The molecule has 0 radical (unpaired) electrons. The fourth-order valence-corrected chi connectivity index (χ4v) is 4.82. The van der Waals surface area contributed by atoms with Crippen LogP contribution in [0.5, 0.6) is 5.75 Å². The van der Waals surface area contributed by atoms with Crippen molar-refractivity contribution < 1.29 is 28.7 Å². The van der Waals surface area contributed by atoms with Crippen molar-refractivity contribution in [3.05, 3.63) is 102 Å². The maximum Gasteiger partial charge on any atom is 0.258 e. The first-order chi connectivity index (χ1) is 21.3. The molecule has 44 heavy (non-hydrogen) atoms. The molecule has 0 fully saturated rings. The minimum atomic E-state index is -1.04. The van der Waals surface area contributed by atoms with Crippen LogP contribution < -0.4 is 31.7 Å². The van der Waals surface area contributed by atoms with Crippen LogP contribution in [0.3, 0.4) is 0 Å². The highest BCUT2D eigenvalue weighted by Gasteiger charge is 2.27. The quantitative estimate of drug-likeness (QED) is 0.253. The number of hydrogen-bond donors (Lipinski definition) is 5. The second kappa shape index (κ2) is 15.9. The summed E-state index contributed by atoms with van der Waals surface area (Å²) in [6, 6.07) is 22.7. The molecular formula is C33H37N5O6. The second-order valence-corrected chi connectivity index (χ2v) is 10.6. The Balaban J connectivity index is 1.54. The van der Waals surface area contributed by atoms with E-state index in [-0.39, 0.29) is 25.9 Å². The summed E-state index contributed by atoms with van der Waals surface area (Å²) in [5.41, 5.74) is 8.26. The van der Waals surface area contributed by atoms with Crippen molar-refractivity contribution in [3.8, 4) is 5.75 Å². The zero-order chi connectivity index (χ0) is 31.3. The van der Waals surface area contributed by atoms with Gasteiger partial charge in [-0.25, -0.2) is 0 Å². The normalized spacial score (nSPS) is 20.0. The molecule has 2 bridgehead atoms. The number of fused-ring (bicyclic) bond motifs is 16. The minimum Gasteiger partial charge on any atom is -0.484 e. The number of rotatable bonds is 7. The van der Waals surface area contributed by atoms with Gasteiger partial charge in [0.2, 0.25) is 23.6 Å². The predicted octanol–water partition coefficient (Wildman–Crippen LogP) is 0.943. The van der Waals surface area contributed by atoms with Gasteiger partial charge in [0.05, 0.1) is 6.54 Å². The number of nitrogens with one attached hydrogen (secondary N) is 4. The van der Waals surface area contributed by atoms with Gasteiger partial charge in [-0.2, -0.15) is 0 Å². The van der Waals surface area contributed by atoms with Gasteiger partial charge in [0.1, 0.15) is 23.9 Å². The van der Waals surface area contributed by atoms with Gasteiger partial charge in [-0.3, -0.25) is 24.0 Å². The molecule has 5 rings (SSSR count). The molecule has 0 aliphatic carbocycles. The van der Waals surface area contributed by atoms with Crippen LogP contribution in [0.4, 0.5) is 0 Å². The molecule has 6 N–H and O–H groups in total. The number of nitrogens with two attached hydrogens (primary N) is 1. The van der Waals surface area contributed by atoms with E-state index in [4.69, 9.17) is 10.5 Å². The molecule has 0 unspecified atom stereocenters. The smallest absolute Gasteiger partial charge is 0.258 e. The Morgan fingerprint density at radius 2 is 1.25 bits per heavy atom. The van der Waals surface area contributed by atoms with Gasteiger partial charge in [-0.1, -0.05) is 72.8 Å². The van der Waals surface area contributed by atoms with E-state index < -0.39 is 54.2 Å². The van der Waals surface area contributed by atoms with Crippen LogP contribution >= 0.6 is 0 Å². The summed E-state index contributed by atoms with van der Waals surface area (Å²) < 4.78 is 5.60. The van der Waals surface area contributed by atoms with Crippen molar-refractivity contribution >= 4 is 29.5 Å². The van der Waals surface area contributed by atoms with E-state index >= 15 is 0 Å². The van der Waals surface area contributed by atoms with Gasteiger partial charge >= 0.3 is 0 Å². The largest absolute Gasteiger partial charge is 0.484 e. The van der Waals surface area contributed by atoms with Crippen LogP contribution in [-0.2, 0) is 43.2 Å². The Morgan fingerprint density at radius 1 is 0.705 bits per heavy atom. The van der Waals surface area contributed by atoms with Crippen LogP contribution in [0.25, 0.3) is 0 Å².